The summed E-state index contributed by atoms with van der Waals surface area (Å²) in [4.78, 5) is 37.1. The number of piperidine rings is 2. The number of allylic oxidation sites excluding steroid dienone is 4. The highest BCUT2D eigenvalue weighted by Crippen LogP contribution is 2.88. The van der Waals surface area contributed by atoms with Gasteiger partial charge in [0.15, 0.2) is 11.4 Å². The molecule has 16 aliphatic rings. The number of aliphatic hydroxyl groups is 1. The molecule has 9 heterocycles. The zero-order valence-electron chi connectivity index (χ0n) is 38.3. The summed E-state index contributed by atoms with van der Waals surface area (Å²) in [5, 5.41) is 13.4. The predicted molar refractivity (Wildman–Crippen MR) is 244 cm³/mol. The molecule has 3 N–H and O–H groups in total. The first kappa shape index (κ1) is 39.8. The van der Waals surface area contributed by atoms with Crippen LogP contribution in [0.4, 0.5) is 0 Å². The van der Waals surface area contributed by atoms with E-state index in [-0.39, 0.29) is 41.5 Å². The Morgan fingerprint density at radius 1 is 0.875 bits per heavy atom. The van der Waals surface area contributed by atoms with E-state index in [0.717, 1.165) is 56.4 Å². The molecule has 7 aliphatic carbocycles. The lowest BCUT2D eigenvalue weighted by Gasteiger charge is -2.73. The summed E-state index contributed by atoms with van der Waals surface area (Å²) in [6.07, 6.45) is 26.6. The Hall–Kier alpha value is -3.36. The lowest BCUT2D eigenvalue weighted by Crippen LogP contribution is -2.78. The van der Waals surface area contributed by atoms with Gasteiger partial charge in [-0.15, -0.1) is 0 Å². The van der Waals surface area contributed by atoms with Crippen LogP contribution < -0.4 is 5.73 Å². The van der Waals surface area contributed by atoms with Gasteiger partial charge in [-0.1, -0.05) is 80.5 Å². The fourth-order valence-corrected chi connectivity index (χ4v) is 19.5. The lowest BCUT2D eigenvalue weighted by atomic mass is 9.27. The Bertz CT molecular complexity index is 2330. The number of aliphatic hydroxyl groups excluding tert-OH is 1. The highest BCUT2D eigenvalue weighted by molar-refractivity contribution is 6.00. The van der Waals surface area contributed by atoms with Crippen LogP contribution in [0.1, 0.15) is 150 Å². The second-order valence-corrected chi connectivity index (χ2v) is 24.0. The summed E-state index contributed by atoms with van der Waals surface area (Å²) >= 11 is 0. The molecule has 1 aromatic rings. The number of ether oxygens (including phenoxy) is 2. The fraction of sp³-hybridized carbons (Fsp3) is 0.714. The molecule has 64 heavy (non-hydrogen) atoms. The van der Waals surface area contributed by atoms with Crippen molar-refractivity contribution in [2.75, 3.05) is 26.2 Å². The van der Waals surface area contributed by atoms with E-state index in [2.05, 4.69) is 47.1 Å². The van der Waals surface area contributed by atoms with Crippen molar-refractivity contribution >= 4 is 11.9 Å². The SMILES string of the molecule is C[C@@H]1CC2=C3[C@H]4C5=C6[C@@H](/C=C\[C@@H](C7CCCCC7)C[C@H]7[C@]68C(=O)O/C(=C(/O)C[C@@H](C6CCCC6)N6C[C@H]9C[C@@H](C6)[C@H](CC2)N3C9)[C@@]8(CC5)[C@]72OC(=O)c3c(CCCN)cccc32)C[C@@H]41. The molecule has 0 amide bonds. The van der Waals surface area contributed by atoms with Crippen LogP contribution >= 0.6 is 0 Å². The van der Waals surface area contributed by atoms with E-state index in [1.54, 1.807) is 11.3 Å². The molecule has 9 aliphatic heterocycles. The quantitative estimate of drug-likeness (QED) is 0.223. The molecule has 6 fully saturated rings. The summed E-state index contributed by atoms with van der Waals surface area (Å²) in [6.45, 7) is 6.42. The Kier molecular flexibility index (Phi) is 8.76. The van der Waals surface area contributed by atoms with Gasteiger partial charge >= 0.3 is 11.9 Å². The minimum atomic E-state index is -1.12. The number of aryl methyl sites for hydroxylation is 1. The maximum Gasteiger partial charge on any atom is 0.339 e. The van der Waals surface area contributed by atoms with Crippen LogP contribution in [0, 0.1) is 70.0 Å². The maximum absolute atomic E-state index is 16.2. The Morgan fingerprint density at radius 3 is 2.55 bits per heavy atom. The van der Waals surface area contributed by atoms with Gasteiger partial charge in [0, 0.05) is 61.2 Å². The molecule has 8 heteroatoms. The van der Waals surface area contributed by atoms with Crippen molar-refractivity contribution in [2.24, 2.45) is 75.7 Å². The van der Waals surface area contributed by atoms with Crippen molar-refractivity contribution < 1.29 is 24.2 Å². The van der Waals surface area contributed by atoms with Crippen molar-refractivity contribution in [1.82, 2.24) is 9.80 Å². The second-order valence-electron chi connectivity index (χ2n) is 24.0. The number of esters is 2. The molecule has 1 aromatic carbocycles. The van der Waals surface area contributed by atoms with Gasteiger partial charge in [-0.25, -0.2) is 4.79 Å². The Morgan fingerprint density at radius 2 is 1.70 bits per heavy atom. The number of hydrogen-bond donors (Lipinski definition) is 2. The minimum absolute atomic E-state index is 0.114. The standard InChI is InChI=1S/C56H71N3O5/c1-31-23-38-18-19-43-39-24-32-28-58(30-39)44(34-11-5-6-12-34)27-45(60)51-54-21-20-40-48(50(38)59(43)29-32)41(31)25-37-17-16-36(33-9-3-2-4-10-33)26-46(55(54,49(37)40)53(62)63-51)56(54)42-15-7-13-35(14-8-22-57)47(42)52(61)64-56/h7,13,15-17,31-34,36-37,39,41,43-44,46,48,60H,2-6,8-12,14,18-30,57H2,1H3/b17-16-,51-45+/t31-,32-,36-,37+,39+,41-,43+,44+,46+,48+,54-,55-,56-/m1/s1. The molecule has 14 atom stereocenters. The number of fused-ring (bicyclic) bond motifs is 3. The minimum Gasteiger partial charge on any atom is -0.509 e. The third kappa shape index (κ3) is 4.84. The number of nitrogens with two attached hydrogens (primary N) is 1. The van der Waals surface area contributed by atoms with Gasteiger partial charge in [-0.2, -0.15) is 0 Å². The van der Waals surface area contributed by atoms with Gasteiger partial charge in [-0.3, -0.25) is 9.69 Å². The van der Waals surface area contributed by atoms with E-state index in [0.29, 0.717) is 84.6 Å². The van der Waals surface area contributed by atoms with Crippen molar-refractivity contribution in [3.63, 3.8) is 0 Å². The molecule has 0 radical (unpaired) electrons. The summed E-state index contributed by atoms with van der Waals surface area (Å²) in [7, 11) is 0. The monoisotopic (exact) mass is 866 g/mol. The topological polar surface area (TPSA) is 105 Å². The summed E-state index contributed by atoms with van der Waals surface area (Å²) in [5.41, 5.74) is 11.9. The zero-order chi connectivity index (χ0) is 42.9. The highest BCUT2D eigenvalue weighted by Gasteiger charge is 2.94. The van der Waals surface area contributed by atoms with Crippen LogP contribution in [0.2, 0.25) is 0 Å². The number of carbonyl (C=O) groups is 2. The lowest BCUT2D eigenvalue weighted by molar-refractivity contribution is -0.282. The zero-order valence-corrected chi connectivity index (χ0v) is 38.3. The molecule has 17 rings (SSSR count). The second kappa shape index (κ2) is 14.1. The Labute approximate surface area is 380 Å². The molecular formula is C56H71N3O5. The van der Waals surface area contributed by atoms with E-state index < -0.39 is 16.4 Å². The van der Waals surface area contributed by atoms with Crippen molar-refractivity contribution in [3.8, 4) is 0 Å². The summed E-state index contributed by atoms with van der Waals surface area (Å²) in [6, 6.07) is 7.15. The molecule has 3 saturated carbocycles. The first-order chi connectivity index (χ1) is 31.3. The average Bonchev–Trinajstić information content (AvgIpc) is 4.01. The predicted octanol–water partition coefficient (Wildman–Crippen LogP) is 10.0. The first-order valence-electron chi connectivity index (χ1n) is 26.6. The summed E-state index contributed by atoms with van der Waals surface area (Å²) < 4.78 is 14.4. The van der Waals surface area contributed by atoms with E-state index in [4.69, 9.17) is 15.2 Å². The van der Waals surface area contributed by atoms with Gasteiger partial charge in [-0.05, 0) is 155 Å². The number of nitrogens with zero attached hydrogens (tertiary/aromatic N) is 2. The van der Waals surface area contributed by atoms with Crippen LogP contribution in [0.3, 0.4) is 0 Å². The normalized spacial score (nSPS) is 46.8. The number of benzene rings is 1. The first-order valence-corrected chi connectivity index (χ1v) is 26.6. The molecule has 0 aromatic heterocycles. The van der Waals surface area contributed by atoms with Crippen molar-refractivity contribution in [1.29, 1.82) is 0 Å². The van der Waals surface area contributed by atoms with E-state index in [9.17, 15) is 5.11 Å². The van der Waals surface area contributed by atoms with Crippen LogP contribution in [0.5, 0.6) is 0 Å². The third-order valence-electron chi connectivity index (χ3n) is 21.6. The number of rotatable bonds is 5. The van der Waals surface area contributed by atoms with Gasteiger partial charge in [0.1, 0.15) is 11.2 Å². The molecule has 3 saturated heterocycles. The van der Waals surface area contributed by atoms with Crippen LogP contribution in [-0.4, -0.2) is 65.1 Å². The van der Waals surface area contributed by atoms with Gasteiger partial charge in [0.25, 0.3) is 0 Å². The molecular weight excluding hydrogens is 795 g/mol. The van der Waals surface area contributed by atoms with Gasteiger partial charge in [0.05, 0.1) is 11.0 Å². The fourth-order valence-electron chi connectivity index (χ4n) is 19.5. The van der Waals surface area contributed by atoms with Crippen molar-refractivity contribution in [2.45, 2.75) is 153 Å². The molecule has 3 spiro atoms. The molecule has 1 unspecified atom stereocenters. The largest absolute Gasteiger partial charge is 0.509 e. The molecule has 8 nitrogen and oxygen atoms in total. The summed E-state index contributed by atoms with van der Waals surface area (Å²) in [5.74, 6) is 4.11. The molecule has 12 bridgehead atoms. The maximum atomic E-state index is 16.2. The number of carbonyl (C=O) groups excluding carboxylic acids is 2. The van der Waals surface area contributed by atoms with Crippen LogP contribution in [0.25, 0.3) is 0 Å². The Balaban J connectivity index is 1.07. The third-order valence-corrected chi connectivity index (χ3v) is 21.6. The number of hydrogen-bond acceptors (Lipinski definition) is 8. The van der Waals surface area contributed by atoms with E-state index >= 15 is 9.59 Å². The van der Waals surface area contributed by atoms with Crippen molar-refractivity contribution in [3.05, 3.63) is 81.0 Å². The smallest absolute Gasteiger partial charge is 0.339 e. The highest BCUT2D eigenvalue weighted by atomic mass is 16.6. The van der Waals surface area contributed by atoms with Gasteiger partial charge in [0.2, 0.25) is 0 Å². The van der Waals surface area contributed by atoms with E-state index in [1.165, 1.54) is 94.6 Å². The van der Waals surface area contributed by atoms with Crippen LogP contribution in [0.15, 0.2) is 64.3 Å². The van der Waals surface area contributed by atoms with Gasteiger partial charge < -0.3 is 25.2 Å². The van der Waals surface area contributed by atoms with E-state index in [1.807, 2.05) is 0 Å². The molecule has 340 valence electrons. The average molecular weight is 866 g/mol. The van der Waals surface area contributed by atoms with Crippen LogP contribution in [-0.2, 0) is 26.3 Å².